The first-order valence-corrected chi connectivity index (χ1v) is 12.1. The molecule has 2 aromatic rings. The van der Waals surface area contributed by atoms with Crippen LogP contribution in [0.4, 0.5) is 5.82 Å². The summed E-state index contributed by atoms with van der Waals surface area (Å²) in [6.07, 6.45) is 9.04. The molecule has 4 heterocycles. The molecule has 2 aliphatic heterocycles. The van der Waals surface area contributed by atoms with E-state index in [0.717, 1.165) is 55.4 Å². The number of piperidine rings is 1. The van der Waals surface area contributed by atoms with Crippen LogP contribution in [0.5, 0.6) is 0 Å². The second-order valence-electron chi connectivity index (χ2n) is 8.86. The van der Waals surface area contributed by atoms with Gasteiger partial charge in [-0.15, -0.1) is 0 Å². The van der Waals surface area contributed by atoms with Gasteiger partial charge in [0.25, 0.3) is 0 Å². The van der Waals surface area contributed by atoms with Gasteiger partial charge in [-0.25, -0.2) is 18.4 Å². The van der Waals surface area contributed by atoms with E-state index in [4.69, 9.17) is 4.74 Å². The molecule has 9 heteroatoms. The highest BCUT2D eigenvalue weighted by atomic mass is 32.2. The van der Waals surface area contributed by atoms with Crippen LogP contribution in [-0.4, -0.2) is 71.8 Å². The van der Waals surface area contributed by atoms with E-state index < -0.39 is 10.0 Å². The standard InChI is InChI=1S/C20H29N5O3S/c1-24(20-18-5-6-21-19(18)22-12-23-20)16-7-13(8-16)11-29(26,27)25-14-3-4-15(25)10-17(9-14)28-2/h5-6,12-17H,3-4,7-11H2,1-2H3,(H,21,22,23)/t13-,14-,15+,16+,17?. The lowest BCUT2D eigenvalue weighted by atomic mass is 9.81. The molecule has 1 saturated carbocycles. The van der Waals surface area contributed by atoms with Crippen molar-refractivity contribution in [1.29, 1.82) is 0 Å². The summed E-state index contributed by atoms with van der Waals surface area (Å²) in [4.78, 5) is 14.0. The van der Waals surface area contributed by atoms with Crippen LogP contribution in [0.3, 0.4) is 0 Å². The zero-order chi connectivity index (χ0) is 20.2. The van der Waals surface area contributed by atoms with E-state index in [9.17, 15) is 8.42 Å². The molecule has 1 N–H and O–H groups in total. The zero-order valence-electron chi connectivity index (χ0n) is 17.0. The highest BCUT2D eigenvalue weighted by molar-refractivity contribution is 7.89. The summed E-state index contributed by atoms with van der Waals surface area (Å²) >= 11 is 0. The number of anilines is 1. The van der Waals surface area contributed by atoms with Crippen molar-refractivity contribution >= 4 is 26.9 Å². The molecule has 0 amide bonds. The summed E-state index contributed by atoms with van der Waals surface area (Å²) in [5.41, 5.74) is 0.829. The van der Waals surface area contributed by atoms with E-state index >= 15 is 0 Å². The van der Waals surface area contributed by atoms with Gasteiger partial charge in [-0.3, -0.25) is 0 Å². The number of aromatic nitrogens is 3. The Kier molecular flexibility index (Phi) is 4.79. The predicted octanol–water partition coefficient (Wildman–Crippen LogP) is 2.14. The second-order valence-corrected chi connectivity index (χ2v) is 10.8. The zero-order valence-corrected chi connectivity index (χ0v) is 17.8. The number of sulfonamides is 1. The first-order valence-electron chi connectivity index (χ1n) is 10.5. The van der Waals surface area contributed by atoms with Crippen LogP contribution in [0.1, 0.15) is 38.5 Å². The van der Waals surface area contributed by atoms with Crippen LogP contribution >= 0.6 is 0 Å². The lowest BCUT2D eigenvalue weighted by Crippen LogP contribution is -2.52. The molecule has 2 saturated heterocycles. The van der Waals surface area contributed by atoms with Crippen molar-refractivity contribution in [1.82, 2.24) is 19.3 Å². The van der Waals surface area contributed by atoms with Gasteiger partial charge in [-0.2, -0.15) is 4.31 Å². The molecule has 8 nitrogen and oxygen atoms in total. The fourth-order valence-electron chi connectivity index (χ4n) is 5.58. The molecule has 3 aliphatic rings. The van der Waals surface area contributed by atoms with E-state index in [1.807, 2.05) is 23.6 Å². The summed E-state index contributed by atoms with van der Waals surface area (Å²) in [7, 11) is 0.554. The van der Waals surface area contributed by atoms with Crippen LogP contribution in [0.15, 0.2) is 18.6 Å². The van der Waals surface area contributed by atoms with E-state index in [1.54, 1.807) is 13.4 Å². The van der Waals surface area contributed by atoms with Crippen LogP contribution in [0.25, 0.3) is 11.0 Å². The first kappa shape index (κ1) is 19.3. The monoisotopic (exact) mass is 419 g/mol. The van der Waals surface area contributed by atoms with Crippen LogP contribution < -0.4 is 4.90 Å². The Morgan fingerprint density at radius 1 is 1.21 bits per heavy atom. The average Bonchev–Trinajstić information content (AvgIpc) is 3.26. The summed E-state index contributed by atoms with van der Waals surface area (Å²) in [5.74, 6) is 1.39. The molecule has 3 atom stereocenters. The molecule has 1 unspecified atom stereocenters. The van der Waals surface area contributed by atoms with Gasteiger partial charge in [0.2, 0.25) is 10.0 Å². The summed E-state index contributed by atoms with van der Waals surface area (Å²) in [5, 5.41) is 1.00. The van der Waals surface area contributed by atoms with Crippen molar-refractivity contribution in [2.45, 2.75) is 62.8 Å². The molecular weight excluding hydrogens is 390 g/mol. The Labute approximate surface area is 171 Å². The van der Waals surface area contributed by atoms with Gasteiger partial charge in [0, 0.05) is 38.5 Å². The number of aromatic amines is 1. The van der Waals surface area contributed by atoms with Crippen LogP contribution in [0.2, 0.25) is 0 Å². The molecule has 29 heavy (non-hydrogen) atoms. The number of fused-ring (bicyclic) bond motifs is 3. The maximum Gasteiger partial charge on any atom is 0.214 e. The number of methoxy groups -OCH3 is 1. The summed E-state index contributed by atoms with van der Waals surface area (Å²) in [6.45, 7) is 0. The molecule has 0 spiro atoms. The molecule has 158 valence electrons. The van der Waals surface area contributed by atoms with E-state index in [-0.39, 0.29) is 29.9 Å². The van der Waals surface area contributed by atoms with Gasteiger partial charge >= 0.3 is 0 Å². The molecule has 0 radical (unpaired) electrons. The van der Waals surface area contributed by atoms with Crippen LogP contribution in [-0.2, 0) is 14.8 Å². The maximum atomic E-state index is 13.2. The average molecular weight is 420 g/mol. The first-order chi connectivity index (χ1) is 14.0. The van der Waals surface area contributed by atoms with E-state index in [1.165, 1.54) is 0 Å². The van der Waals surface area contributed by atoms with Gasteiger partial charge in [0.05, 0.1) is 17.2 Å². The van der Waals surface area contributed by atoms with E-state index in [0.29, 0.717) is 6.04 Å². The van der Waals surface area contributed by atoms with Crippen LogP contribution in [0, 0.1) is 5.92 Å². The third-order valence-electron chi connectivity index (χ3n) is 7.15. The Morgan fingerprint density at radius 3 is 2.62 bits per heavy atom. The highest BCUT2D eigenvalue weighted by Crippen LogP contribution is 2.41. The Morgan fingerprint density at radius 2 is 1.93 bits per heavy atom. The number of nitrogens with one attached hydrogen (secondary N) is 1. The number of ether oxygens (including phenoxy) is 1. The van der Waals surface area contributed by atoms with Gasteiger partial charge in [-0.1, -0.05) is 0 Å². The topological polar surface area (TPSA) is 91.4 Å². The highest BCUT2D eigenvalue weighted by Gasteiger charge is 2.48. The molecule has 1 aliphatic carbocycles. The third kappa shape index (κ3) is 3.33. The SMILES string of the molecule is COC1C[C@H]2CC[C@@H](C1)N2S(=O)(=O)C[C@H]1C[C@@H](N(C)c2ncnc3[nH]ccc23)C1. The number of hydrogen-bond acceptors (Lipinski definition) is 6. The van der Waals surface area contributed by atoms with E-state index in [2.05, 4.69) is 19.9 Å². The lowest BCUT2D eigenvalue weighted by molar-refractivity contribution is 0.0347. The fraction of sp³-hybridized carbons (Fsp3) is 0.700. The van der Waals surface area contributed by atoms with Crippen molar-refractivity contribution in [3.05, 3.63) is 18.6 Å². The summed E-state index contributed by atoms with van der Waals surface area (Å²) in [6, 6.07) is 2.57. The quantitative estimate of drug-likeness (QED) is 0.771. The summed E-state index contributed by atoms with van der Waals surface area (Å²) < 4.78 is 33.7. The van der Waals surface area contributed by atoms with Crippen molar-refractivity contribution in [2.24, 2.45) is 5.92 Å². The van der Waals surface area contributed by atoms with Gasteiger partial charge in [0.1, 0.15) is 17.8 Å². The van der Waals surface area contributed by atoms with Crippen molar-refractivity contribution < 1.29 is 13.2 Å². The number of H-pyrrole nitrogens is 1. The second kappa shape index (κ2) is 7.21. The molecule has 2 aromatic heterocycles. The minimum atomic E-state index is -3.22. The van der Waals surface area contributed by atoms with Crippen molar-refractivity contribution in [3.63, 3.8) is 0 Å². The van der Waals surface area contributed by atoms with Gasteiger partial charge < -0.3 is 14.6 Å². The lowest BCUT2D eigenvalue weighted by Gasteiger charge is -2.43. The molecular formula is C20H29N5O3S. The largest absolute Gasteiger partial charge is 0.381 e. The smallest absolute Gasteiger partial charge is 0.214 e. The third-order valence-corrected chi connectivity index (χ3v) is 9.28. The molecule has 2 bridgehead atoms. The minimum absolute atomic E-state index is 0.130. The Bertz CT molecular complexity index is 973. The fourth-order valence-corrected chi connectivity index (χ4v) is 7.91. The van der Waals surface area contributed by atoms with Crippen molar-refractivity contribution in [3.8, 4) is 0 Å². The number of nitrogens with zero attached hydrogens (tertiary/aromatic N) is 4. The Hall–Kier alpha value is -1.71. The van der Waals surface area contributed by atoms with Gasteiger partial charge in [0.15, 0.2) is 0 Å². The molecule has 3 fully saturated rings. The predicted molar refractivity (Wildman–Crippen MR) is 111 cm³/mol. The molecule has 5 rings (SSSR count). The number of rotatable bonds is 6. The maximum absolute atomic E-state index is 13.2. The minimum Gasteiger partial charge on any atom is -0.381 e. The number of hydrogen-bond donors (Lipinski definition) is 1. The normalized spacial score (nSPS) is 32.4. The molecule has 0 aromatic carbocycles. The van der Waals surface area contributed by atoms with Gasteiger partial charge in [-0.05, 0) is 50.5 Å². The Balaban J connectivity index is 1.22. The van der Waals surface area contributed by atoms with Crippen molar-refractivity contribution in [2.75, 3.05) is 24.8 Å².